The summed E-state index contributed by atoms with van der Waals surface area (Å²) in [6, 6.07) is 16.8. The zero-order valence-corrected chi connectivity index (χ0v) is 22.5. The van der Waals surface area contributed by atoms with Crippen LogP contribution in [0.2, 0.25) is 0 Å². The van der Waals surface area contributed by atoms with Gasteiger partial charge in [-0.1, -0.05) is 36.4 Å². The van der Waals surface area contributed by atoms with E-state index < -0.39 is 11.7 Å². The summed E-state index contributed by atoms with van der Waals surface area (Å²) >= 11 is 0. The van der Waals surface area contributed by atoms with Gasteiger partial charge in [-0.2, -0.15) is 0 Å². The lowest BCUT2D eigenvalue weighted by molar-refractivity contribution is -0.142. The third-order valence-electron chi connectivity index (χ3n) is 8.46. The monoisotopic (exact) mass is 556 g/mol. The molecule has 2 N–H and O–H groups in total. The van der Waals surface area contributed by atoms with Gasteiger partial charge >= 0.3 is 6.09 Å². The Hall–Kier alpha value is -4.51. The predicted molar refractivity (Wildman–Crippen MR) is 151 cm³/mol. The van der Waals surface area contributed by atoms with E-state index in [4.69, 9.17) is 0 Å². The summed E-state index contributed by atoms with van der Waals surface area (Å²) in [7, 11) is 0. The summed E-state index contributed by atoms with van der Waals surface area (Å²) in [5.74, 6) is 0.0775. The third-order valence-corrected chi connectivity index (χ3v) is 8.46. The normalized spacial score (nSPS) is 20.7. The summed E-state index contributed by atoms with van der Waals surface area (Å²) in [5.41, 5.74) is 0.0432. The van der Waals surface area contributed by atoms with E-state index in [2.05, 4.69) is 9.97 Å². The molecule has 212 valence electrons. The van der Waals surface area contributed by atoms with Gasteiger partial charge in [0.05, 0.1) is 17.5 Å². The minimum atomic E-state index is -1.16. The lowest BCUT2D eigenvalue weighted by atomic mass is 9.79. The van der Waals surface area contributed by atoms with Crippen LogP contribution in [0, 0.1) is 5.92 Å². The number of hydrogen-bond donors (Lipinski definition) is 2. The minimum Gasteiger partial charge on any atom is -0.465 e. The average molecular weight is 557 g/mol. The van der Waals surface area contributed by atoms with Crippen LogP contribution < -0.4 is 5.56 Å². The number of likely N-dealkylation sites (tertiary alicyclic amines) is 2. The molecule has 2 fully saturated rings. The van der Waals surface area contributed by atoms with Gasteiger partial charge in [0.15, 0.2) is 5.65 Å². The summed E-state index contributed by atoms with van der Waals surface area (Å²) in [6.07, 6.45) is 5.01. The Bertz CT molecular complexity index is 1610. The first-order valence-corrected chi connectivity index (χ1v) is 13.8. The van der Waals surface area contributed by atoms with Crippen LogP contribution in [0.5, 0.6) is 0 Å². The molecule has 11 nitrogen and oxygen atoms in total. The molecule has 2 amide bonds. The molecule has 3 aromatic heterocycles. The summed E-state index contributed by atoms with van der Waals surface area (Å²) in [5, 5.41) is 21.4. The Morgan fingerprint density at radius 1 is 0.951 bits per heavy atom. The zero-order valence-electron chi connectivity index (χ0n) is 22.5. The first-order chi connectivity index (χ1) is 19.8. The molecule has 2 saturated heterocycles. The number of hydrogen-bond acceptors (Lipinski definition) is 6. The number of aliphatic hydroxyl groups is 1. The highest BCUT2D eigenvalue weighted by Crippen LogP contribution is 2.35. The number of carbonyl (C=O) groups is 2. The second-order valence-electron chi connectivity index (χ2n) is 11.0. The fourth-order valence-corrected chi connectivity index (χ4v) is 6.16. The third kappa shape index (κ3) is 5.20. The Kier molecular flexibility index (Phi) is 7.04. The van der Waals surface area contributed by atoms with Crippen molar-refractivity contribution in [1.29, 1.82) is 0 Å². The lowest BCUT2D eigenvalue weighted by Gasteiger charge is -2.42. The summed E-state index contributed by atoms with van der Waals surface area (Å²) in [6.45, 7) is 1.38. The number of amides is 2. The molecule has 5 heterocycles. The first-order valence-electron chi connectivity index (χ1n) is 13.8. The van der Waals surface area contributed by atoms with Crippen LogP contribution in [0.3, 0.4) is 0 Å². The van der Waals surface area contributed by atoms with Crippen molar-refractivity contribution in [3.63, 3.8) is 0 Å². The minimum absolute atomic E-state index is 0.0120. The highest BCUT2D eigenvalue weighted by molar-refractivity contribution is 5.81. The highest BCUT2D eigenvalue weighted by atomic mass is 16.4. The van der Waals surface area contributed by atoms with Gasteiger partial charge in [-0.05, 0) is 43.0 Å². The smallest absolute Gasteiger partial charge is 0.407 e. The average Bonchev–Trinajstić information content (AvgIpc) is 3.44. The van der Waals surface area contributed by atoms with E-state index in [0.717, 1.165) is 5.56 Å². The molecular weight excluding hydrogens is 524 g/mol. The maximum atomic E-state index is 13.7. The second-order valence-corrected chi connectivity index (χ2v) is 11.0. The predicted octanol–water partition coefficient (Wildman–Crippen LogP) is 2.72. The van der Waals surface area contributed by atoms with Crippen LogP contribution >= 0.6 is 0 Å². The maximum Gasteiger partial charge on any atom is 0.407 e. The topological polar surface area (TPSA) is 134 Å². The van der Waals surface area contributed by atoms with E-state index in [-0.39, 0.29) is 36.4 Å². The molecule has 41 heavy (non-hydrogen) atoms. The van der Waals surface area contributed by atoms with E-state index in [9.17, 15) is 24.6 Å². The van der Waals surface area contributed by atoms with Gasteiger partial charge in [-0.25, -0.2) is 14.8 Å². The molecule has 0 spiro atoms. The number of pyridine rings is 1. The lowest BCUT2D eigenvalue weighted by Crippen LogP contribution is -2.53. The van der Waals surface area contributed by atoms with Crippen molar-refractivity contribution < 1.29 is 19.8 Å². The fraction of sp³-hybridized carbons (Fsp3) is 0.367. The Morgan fingerprint density at radius 2 is 1.71 bits per heavy atom. The Morgan fingerprint density at radius 3 is 2.41 bits per heavy atom. The van der Waals surface area contributed by atoms with Crippen LogP contribution in [0.1, 0.15) is 30.7 Å². The van der Waals surface area contributed by atoms with Gasteiger partial charge in [-0.15, -0.1) is 0 Å². The van der Waals surface area contributed by atoms with Crippen molar-refractivity contribution in [2.45, 2.75) is 37.3 Å². The van der Waals surface area contributed by atoms with Crippen LogP contribution in [-0.4, -0.2) is 82.9 Å². The molecule has 4 aromatic rings. The van der Waals surface area contributed by atoms with Crippen molar-refractivity contribution in [3.8, 4) is 5.82 Å². The molecule has 2 aliphatic rings. The van der Waals surface area contributed by atoms with Crippen molar-refractivity contribution in [1.82, 2.24) is 28.9 Å². The number of benzene rings is 1. The molecule has 0 bridgehead atoms. The van der Waals surface area contributed by atoms with Gasteiger partial charge < -0.3 is 20.0 Å². The summed E-state index contributed by atoms with van der Waals surface area (Å²) in [4.78, 5) is 50.6. The molecular formula is C30H32N6O5. The molecule has 0 radical (unpaired) electrons. The van der Waals surface area contributed by atoms with Gasteiger partial charge in [-0.3, -0.25) is 18.7 Å². The number of piperidine rings is 2. The molecule has 11 heteroatoms. The van der Waals surface area contributed by atoms with Crippen LogP contribution in [0.25, 0.3) is 16.9 Å². The van der Waals surface area contributed by atoms with Crippen molar-refractivity contribution in [2.24, 2.45) is 5.92 Å². The Labute approximate surface area is 236 Å². The van der Waals surface area contributed by atoms with E-state index in [1.165, 1.54) is 15.8 Å². The van der Waals surface area contributed by atoms with Crippen LogP contribution in [0.15, 0.2) is 78.1 Å². The number of fused-ring (bicyclic) bond motifs is 1. The standard InChI is InChI=1S/C30H32N6O5/c37-27(22-9-14-34(29(39)40)18-24(22)21-6-2-1-3-7-21)33-16-11-30(41,12-17-33)19-35-20-32-26-23(28(35)38)10-15-36(26)25-8-4-5-13-31-25/h1-8,10,13,15,20,22,24,41H,9,11-12,14,16-19H2,(H,39,40)/t22-,24+/m1/s1. The van der Waals surface area contributed by atoms with Gasteiger partial charge in [0.1, 0.15) is 12.1 Å². The fourth-order valence-electron chi connectivity index (χ4n) is 6.16. The molecule has 2 atom stereocenters. The number of aromatic nitrogens is 4. The molecule has 0 aliphatic carbocycles. The van der Waals surface area contributed by atoms with Crippen LogP contribution in [0.4, 0.5) is 4.79 Å². The van der Waals surface area contributed by atoms with E-state index in [1.54, 1.807) is 27.9 Å². The Balaban J connectivity index is 1.15. The number of rotatable bonds is 5. The van der Waals surface area contributed by atoms with Crippen molar-refractivity contribution in [3.05, 3.63) is 89.2 Å². The van der Waals surface area contributed by atoms with Gasteiger partial charge in [0.25, 0.3) is 5.56 Å². The molecule has 0 unspecified atom stereocenters. The first kappa shape index (κ1) is 26.7. The summed E-state index contributed by atoms with van der Waals surface area (Å²) < 4.78 is 3.19. The number of carboxylic acid groups (broad SMARTS) is 1. The van der Waals surface area contributed by atoms with Crippen molar-refractivity contribution >= 4 is 23.0 Å². The van der Waals surface area contributed by atoms with Crippen LogP contribution in [-0.2, 0) is 11.3 Å². The highest BCUT2D eigenvalue weighted by Gasteiger charge is 2.41. The van der Waals surface area contributed by atoms with Gasteiger partial charge in [0.2, 0.25) is 5.91 Å². The SMILES string of the molecule is O=C(O)N1CC[C@@H](C(=O)N2CCC(O)(Cn3cnc4c(ccn4-c4ccccn4)c3=O)CC2)[C@H](c2ccccc2)C1. The zero-order chi connectivity index (χ0) is 28.6. The van der Waals surface area contributed by atoms with E-state index in [1.807, 2.05) is 48.5 Å². The number of nitrogens with zero attached hydrogens (tertiary/aromatic N) is 6. The van der Waals surface area contributed by atoms with E-state index in [0.29, 0.717) is 55.7 Å². The largest absolute Gasteiger partial charge is 0.465 e. The van der Waals surface area contributed by atoms with Gasteiger partial charge in [0, 0.05) is 50.4 Å². The van der Waals surface area contributed by atoms with Crippen molar-refractivity contribution in [2.75, 3.05) is 26.2 Å². The second kappa shape index (κ2) is 10.8. The molecule has 1 aromatic carbocycles. The van der Waals surface area contributed by atoms with E-state index >= 15 is 0 Å². The molecule has 2 aliphatic heterocycles. The molecule has 6 rings (SSSR count). The molecule has 0 saturated carbocycles. The quantitative estimate of drug-likeness (QED) is 0.386. The number of carbonyl (C=O) groups excluding carboxylic acids is 1. The maximum absolute atomic E-state index is 13.7.